The van der Waals surface area contributed by atoms with Crippen LogP contribution in [-0.4, -0.2) is 50.7 Å². The molecule has 0 saturated carbocycles. The third-order valence-electron chi connectivity index (χ3n) is 5.79. The molecular formula is C25H29N2O3+. The van der Waals surface area contributed by atoms with E-state index in [1.54, 1.807) is 19.2 Å². The Kier molecular flexibility index (Phi) is 6.19. The fourth-order valence-corrected chi connectivity index (χ4v) is 4.18. The van der Waals surface area contributed by atoms with Gasteiger partial charge in [0, 0.05) is 11.1 Å². The predicted octanol–water partition coefficient (Wildman–Crippen LogP) is 2.79. The summed E-state index contributed by atoms with van der Waals surface area (Å²) in [7, 11) is 1.61. The zero-order chi connectivity index (χ0) is 20.9. The summed E-state index contributed by atoms with van der Waals surface area (Å²) in [6, 6.07) is 20.5. The molecule has 0 aromatic heterocycles. The van der Waals surface area contributed by atoms with Crippen molar-refractivity contribution in [1.29, 1.82) is 0 Å². The normalized spacial score (nSPS) is 14.7. The minimum Gasteiger partial charge on any atom is -0.493 e. The summed E-state index contributed by atoms with van der Waals surface area (Å²) in [6.45, 7) is 6.85. The molecule has 5 nitrogen and oxygen atoms in total. The van der Waals surface area contributed by atoms with E-state index >= 15 is 0 Å². The molecule has 1 saturated heterocycles. The predicted molar refractivity (Wildman–Crippen MR) is 118 cm³/mol. The van der Waals surface area contributed by atoms with Gasteiger partial charge in [0.1, 0.15) is 6.54 Å². The maximum atomic E-state index is 13.0. The number of amides is 1. The molecule has 0 atom stereocenters. The molecule has 30 heavy (non-hydrogen) atoms. The lowest BCUT2D eigenvalue weighted by Gasteiger charge is -2.32. The summed E-state index contributed by atoms with van der Waals surface area (Å²) in [5.41, 5.74) is 2.02. The summed E-state index contributed by atoms with van der Waals surface area (Å²) in [4.78, 5) is 16.5. The number of quaternary nitrogens is 1. The number of nitrogens with one attached hydrogen (secondary N) is 1. The van der Waals surface area contributed by atoms with E-state index in [0.717, 1.165) is 32.7 Å². The lowest BCUT2D eigenvalue weighted by Crippen LogP contribution is -3.13. The van der Waals surface area contributed by atoms with Gasteiger partial charge in [-0.05, 0) is 35.9 Å². The van der Waals surface area contributed by atoms with Gasteiger partial charge in [0.15, 0.2) is 11.5 Å². The highest BCUT2D eigenvalue weighted by Gasteiger charge is 2.25. The number of fused-ring (bicyclic) bond motifs is 1. The Balaban J connectivity index is 1.40. The van der Waals surface area contributed by atoms with Crippen LogP contribution in [0.3, 0.4) is 0 Å². The molecule has 3 aromatic rings. The quantitative estimate of drug-likeness (QED) is 0.686. The van der Waals surface area contributed by atoms with Crippen LogP contribution < -0.4 is 14.4 Å². The molecule has 0 unspecified atom stereocenters. The van der Waals surface area contributed by atoms with Gasteiger partial charge in [0.05, 0.1) is 39.9 Å². The molecule has 1 aliphatic heterocycles. The molecule has 1 N–H and O–H groups in total. The van der Waals surface area contributed by atoms with Gasteiger partial charge in [-0.3, -0.25) is 4.79 Å². The molecule has 0 spiro atoms. The van der Waals surface area contributed by atoms with Crippen LogP contribution in [0.25, 0.3) is 10.8 Å². The van der Waals surface area contributed by atoms with E-state index in [-0.39, 0.29) is 5.91 Å². The first-order chi connectivity index (χ1) is 14.7. The zero-order valence-electron chi connectivity index (χ0n) is 17.7. The standard InChI is InChI=1S/C25H28N2O3/c1-3-30-24-17-20(11-12-23(24)29-2)25(28)27-15-13-26(14-16-27)18-21-9-6-8-19-7-4-5-10-22(19)21/h4-12,17H,3,13-16,18H2,1-2H3/p+1. The first kappa shape index (κ1) is 20.2. The Morgan fingerprint density at radius 2 is 1.77 bits per heavy atom. The molecule has 3 aromatic carbocycles. The molecule has 0 aliphatic carbocycles. The number of nitrogens with zero attached hydrogens (tertiary/aromatic N) is 1. The Morgan fingerprint density at radius 1 is 1.00 bits per heavy atom. The molecule has 0 bridgehead atoms. The van der Waals surface area contributed by atoms with Crippen LogP contribution in [0.1, 0.15) is 22.8 Å². The van der Waals surface area contributed by atoms with Crippen LogP contribution in [0.4, 0.5) is 0 Å². The number of rotatable bonds is 6. The van der Waals surface area contributed by atoms with Crippen molar-refractivity contribution in [3.8, 4) is 11.5 Å². The minimum absolute atomic E-state index is 0.0582. The van der Waals surface area contributed by atoms with Crippen LogP contribution in [0.2, 0.25) is 0 Å². The molecule has 4 rings (SSSR count). The number of hydrogen-bond donors (Lipinski definition) is 1. The van der Waals surface area contributed by atoms with Crippen molar-refractivity contribution in [2.75, 3.05) is 39.9 Å². The van der Waals surface area contributed by atoms with Gasteiger partial charge in [-0.15, -0.1) is 0 Å². The van der Waals surface area contributed by atoms with Gasteiger partial charge in [-0.1, -0.05) is 42.5 Å². The van der Waals surface area contributed by atoms with E-state index in [1.165, 1.54) is 21.2 Å². The minimum atomic E-state index is 0.0582. The second-order valence-corrected chi connectivity index (χ2v) is 7.66. The number of hydrogen-bond acceptors (Lipinski definition) is 3. The number of benzene rings is 3. The number of carbonyl (C=O) groups is 1. The van der Waals surface area contributed by atoms with E-state index in [0.29, 0.717) is 23.7 Å². The van der Waals surface area contributed by atoms with Gasteiger partial charge < -0.3 is 19.3 Å². The average molecular weight is 406 g/mol. The molecule has 0 radical (unpaired) electrons. The lowest BCUT2D eigenvalue weighted by molar-refractivity contribution is -0.917. The largest absolute Gasteiger partial charge is 0.493 e. The number of piperazine rings is 1. The van der Waals surface area contributed by atoms with Gasteiger partial charge in [-0.2, -0.15) is 0 Å². The van der Waals surface area contributed by atoms with Crippen molar-refractivity contribution in [2.24, 2.45) is 0 Å². The SMILES string of the molecule is CCOc1cc(C(=O)N2CC[NH+](Cc3cccc4ccccc34)CC2)ccc1OC. The molecule has 156 valence electrons. The Labute approximate surface area is 177 Å². The Hall–Kier alpha value is -3.05. The van der Waals surface area contributed by atoms with Crippen molar-refractivity contribution in [3.05, 3.63) is 71.8 Å². The second kappa shape index (κ2) is 9.18. The fraction of sp³-hybridized carbons (Fsp3) is 0.320. The van der Waals surface area contributed by atoms with Crippen LogP contribution in [0, 0.1) is 0 Å². The Morgan fingerprint density at radius 3 is 2.53 bits per heavy atom. The van der Waals surface area contributed by atoms with E-state index in [1.807, 2.05) is 17.9 Å². The highest BCUT2D eigenvalue weighted by molar-refractivity contribution is 5.95. The Bertz CT molecular complexity index is 1020. The first-order valence-electron chi connectivity index (χ1n) is 10.6. The maximum Gasteiger partial charge on any atom is 0.254 e. The van der Waals surface area contributed by atoms with Crippen molar-refractivity contribution in [2.45, 2.75) is 13.5 Å². The van der Waals surface area contributed by atoms with E-state index in [9.17, 15) is 4.79 Å². The number of ether oxygens (including phenoxy) is 2. The molecule has 1 fully saturated rings. The van der Waals surface area contributed by atoms with Crippen molar-refractivity contribution in [1.82, 2.24) is 4.90 Å². The second-order valence-electron chi connectivity index (χ2n) is 7.66. The van der Waals surface area contributed by atoms with Gasteiger partial charge >= 0.3 is 0 Å². The van der Waals surface area contributed by atoms with E-state index in [2.05, 4.69) is 42.5 Å². The first-order valence-corrected chi connectivity index (χ1v) is 10.6. The molecule has 1 amide bonds. The van der Waals surface area contributed by atoms with E-state index in [4.69, 9.17) is 9.47 Å². The van der Waals surface area contributed by atoms with Crippen LogP contribution in [-0.2, 0) is 6.54 Å². The molecule has 1 heterocycles. The topological polar surface area (TPSA) is 43.2 Å². The van der Waals surface area contributed by atoms with Crippen molar-refractivity contribution < 1.29 is 19.2 Å². The summed E-state index contributed by atoms with van der Waals surface area (Å²) >= 11 is 0. The monoisotopic (exact) mass is 405 g/mol. The number of carbonyl (C=O) groups excluding carboxylic acids is 1. The van der Waals surface area contributed by atoms with Gasteiger partial charge in [-0.25, -0.2) is 0 Å². The highest BCUT2D eigenvalue weighted by Crippen LogP contribution is 2.28. The van der Waals surface area contributed by atoms with E-state index < -0.39 is 0 Å². The van der Waals surface area contributed by atoms with Crippen LogP contribution >= 0.6 is 0 Å². The smallest absolute Gasteiger partial charge is 0.254 e. The maximum absolute atomic E-state index is 13.0. The summed E-state index contributed by atoms with van der Waals surface area (Å²) in [6.07, 6.45) is 0. The zero-order valence-corrected chi connectivity index (χ0v) is 17.7. The van der Waals surface area contributed by atoms with Gasteiger partial charge in [0.25, 0.3) is 5.91 Å². The highest BCUT2D eigenvalue weighted by atomic mass is 16.5. The molecule has 5 heteroatoms. The number of methoxy groups -OCH3 is 1. The molecular weight excluding hydrogens is 376 g/mol. The third kappa shape index (κ3) is 4.26. The summed E-state index contributed by atoms with van der Waals surface area (Å²) in [5.74, 6) is 1.33. The molecule has 1 aliphatic rings. The fourth-order valence-electron chi connectivity index (χ4n) is 4.18. The van der Waals surface area contributed by atoms with Crippen molar-refractivity contribution >= 4 is 16.7 Å². The van der Waals surface area contributed by atoms with Crippen molar-refractivity contribution in [3.63, 3.8) is 0 Å². The van der Waals surface area contributed by atoms with Gasteiger partial charge in [0.2, 0.25) is 0 Å². The average Bonchev–Trinajstić information content (AvgIpc) is 2.79. The van der Waals surface area contributed by atoms with Crippen LogP contribution in [0.15, 0.2) is 60.7 Å². The third-order valence-corrected chi connectivity index (χ3v) is 5.79. The lowest BCUT2D eigenvalue weighted by atomic mass is 10.0. The summed E-state index contributed by atoms with van der Waals surface area (Å²) < 4.78 is 11.0. The van der Waals surface area contributed by atoms with Crippen LogP contribution in [0.5, 0.6) is 11.5 Å². The summed E-state index contributed by atoms with van der Waals surface area (Å²) in [5, 5.41) is 2.61.